The molecule has 0 radical (unpaired) electrons. The molecule has 1 aliphatic rings. The van der Waals surface area contributed by atoms with Crippen molar-refractivity contribution in [3.63, 3.8) is 0 Å². The zero-order chi connectivity index (χ0) is 13.7. The van der Waals surface area contributed by atoms with Crippen LogP contribution >= 0.6 is 24.8 Å². The highest BCUT2D eigenvalue weighted by Crippen LogP contribution is 2.34. The second kappa shape index (κ2) is 9.90. The van der Waals surface area contributed by atoms with Gasteiger partial charge in [0, 0.05) is 43.9 Å². The number of hydrogen-bond acceptors (Lipinski definition) is 4. The molecule has 1 fully saturated rings. The molecule has 0 aromatic heterocycles. The normalized spacial score (nSPS) is 16.4. The van der Waals surface area contributed by atoms with Crippen molar-refractivity contribution in [2.24, 2.45) is 0 Å². The van der Waals surface area contributed by atoms with Crippen molar-refractivity contribution in [1.29, 1.82) is 0 Å². The first kappa shape index (κ1) is 20.1. The Morgan fingerprint density at radius 2 is 1.90 bits per heavy atom. The predicted molar refractivity (Wildman–Crippen MR) is 90.9 cm³/mol. The average Bonchev–Trinajstić information content (AvgIpc) is 2.42. The second-order valence-corrected chi connectivity index (χ2v) is 4.91. The number of halogens is 2. The Morgan fingerprint density at radius 3 is 2.48 bits per heavy atom. The minimum absolute atomic E-state index is 0. The molecule has 1 aliphatic heterocycles. The van der Waals surface area contributed by atoms with Gasteiger partial charge in [0.15, 0.2) is 0 Å². The molecule has 1 heterocycles. The SMILES string of the molecule is C=CCC[C@@H](c1ccc(O)cc1O)N1CCNCC1.Cl.Cl. The Kier molecular flexibility index (Phi) is 9.46. The molecule has 3 N–H and O–H groups in total. The fourth-order valence-corrected chi connectivity index (χ4v) is 2.62. The third-order valence-corrected chi connectivity index (χ3v) is 3.61. The number of nitrogens with zero attached hydrogens (tertiary/aromatic N) is 1. The van der Waals surface area contributed by atoms with E-state index in [1.807, 2.05) is 12.1 Å². The van der Waals surface area contributed by atoms with E-state index in [4.69, 9.17) is 0 Å². The van der Waals surface area contributed by atoms with Crippen LogP contribution in [0.25, 0.3) is 0 Å². The number of rotatable bonds is 5. The summed E-state index contributed by atoms with van der Waals surface area (Å²) in [5, 5.41) is 22.8. The molecule has 1 atom stereocenters. The van der Waals surface area contributed by atoms with Gasteiger partial charge in [-0.15, -0.1) is 31.4 Å². The van der Waals surface area contributed by atoms with E-state index in [9.17, 15) is 10.2 Å². The molecular weight excluding hydrogens is 311 g/mol. The number of hydrogen-bond donors (Lipinski definition) is 3. The summed E-state index contributed by atoms with van der Waals surface area (Å²) >= 11 is 0. The first-order valence-corrected chi connectivity index (χ1v) is 6.80. The van der Waals surface area contributed by atoms with Gasteiger partial charge in [0.2, 0.25) is 0 Å². The summed E-state index contributed by atoms with van der Waals surface area (Å²) in [6.45, 7) is 7.67. The molecule has 0 saturated carbocycles. The van der Waals surface area contributed by atoms with Crippen molar-refractivity contribution >= 4 is 24.8 Å². The van der Waals surface area contributed by atoms with Gasteiger partial charge >= 0.3 is 0 Å². The van der Waals surface area contributed by atoms with Crippen LogP contribution in [0.2, 0.25) is 0 Å². The molecule has 0 amide bonds. The molecule has 0 bridgehead atoms. The van der Waals surface area contributed by atoms with Gasteiger partial charge in [0.25, 0.3) is 0 Å². The molecular formula is C15H24Cl2N2O2. The Bertz CT molecular complexity index is 438. The van der Waals surface area contributed by atoms with Crippen molar-refractivity contribution in [1.82, 2.24) is 10.2 Å². The molecule has 120 valence electrons. The topological polar surface area (TPSA) is 55.7 Å². The minimum atomic E-state index is 0. The minimum Gasteiger partial charge on any atom is -0.508 e. The first-order valence-electron chi connectivity index (χ1n) is 6.80. The van der Waals surface area contributed by atoms with Crippen LogP contribution in [0, 0.1) is 0 Å². The van der Waals surface area contributed by atoms with Crippen molar-refractivity contribution in [3.8, 4) is 11.5 Å². The van der Waals surface area contributed by atoms with Gasteiger partial charge in [-0.05, 0) is 18.9 Å². The molecule has 1 saturated heterocycles. The maximum absolute atomic E-state index is 10.1. The zero-order valence-corrected chi connectivity index (χ0v) is 13.6. The third-order valence-electron chi connectivity index (χ3n) is 3.61. The molecule has 0 unspecified atom stereocenters. The summed E-state index contributed by atoms with van der Waals surface area (Å²) in [6, 6.07) is 5.05. The summed E-state index contributed by atoms with van der Waals surface area (Å²) in [5.74, 6) is 0.275. The van der Waals surface area contributed by atoms with E-state index in [1.165, 1.54) is 6.07 Å². The second-order valence-electron chi connectivity index (χ2n) is 4.91. The van der Waals surface area contributed by atoms with E-state index in [0.29, 0.717) is 0 Å². The number of phenols is 2. The van der Waals surface area contributed by atoms with Crippen LogP contribution in [0.3, 0.4) is 0 Å². The lowest BCUT2D eigenvalue weighted by molar-refractivity contribution is 0.163. The van der Waals surface area contributed by atoms with Gasteiger partial charge in [-0.3, -0.25) is 4.90 Å². The fraction of sp³-hybridized carbons (Fsp3) is 0.467. The number of piperazine rings is 1. The number of allylic oxidation sites excluding steroid dienone is 1. The van der Waals surface area contributed by atoms with Gasteiger partial charge in [-0.25, -0.2) is 0 Å². The molecule has 4 nitrogen and oxygen atoms in total. The maximum Gasteiger partial charge on any atom is 0.124 e. The molecule has 2 rings (SSSR count). The van der Waals surface area contributed by atoms with Gasteiger partial charge in [0.1, 0.15) is 11.5 Å². The summed E-state index contributed by atoms with van der Waals surface area (Å²) in [4.78, 5) is 2.38. The number of phenolic OH excluding ortho intramolecular Hbond substituents is 2. The van der Waals surface area contributed by atoms with Crippen molar-refractivity contribution in [2.45, 2.75) is 18.9 Å². The third kappa shape index (κ3) is 5.40. The fourth-order valence-electron chi connectivity index (χ4n) is 2.62. The standard InChI is InChI=1S/C15H22N2O2.2ClH/c1-2-3-4-14(17-9-7-16-8-10-17)13-6-5-12(18)11-15(13)19;;/h2,5-6,11,14,16,18-19H,1,3-4,7-10H2;2*1H/t14-;;/m0../s1. The van der Waals surface area contributed by atoms with Crippen LogP contribution < -0.4 is 5.32 Å². The number of nitrogens with one attached hydrogen (secondary N) is 1. The van der Waals surface area contributed by atoms with E-state index in [2.05, 4.69) is 16.8 Å². The van der Waals surface area contributed by atoms with Crippen LogP contribution in [0.1, 0.15) is 24.4 Å². The quantitative estimate of drug-likeness (QED) is 0.725. The highest BCUT2D eigenvalue weighted by Gasteiger charge is 2.23. The molecule has 21 heavy (non-hydrogen) atoms. The van der Waals surface area contributed by atoms with E-state index in [0.717, 1.165) is 44.6 Å². The summed E-state index contributed by atoms with van der Waals surface area (Å²) in [5.41, 5.74) is 0.890. The highest BCUT2D eigenvalue weighted by atomic mass is 35.5. The smallest absolute Gasteiger partial charge is 0.124 e. The monoisotopic (exact) mass is 334 g/mol. The molecule has 1 aromatic carbocycles. The highest BCUT2D eigenvalue weighted by molar-refractivity contribution is 5.85. The molecule has 0 aliphatic carbocycles. The van der Waals surface area contributed by atoms with Crippen LogP contribution in [0.4, 0.5) is 0 Å². The van der Waals surface area contributed by atoms with Crippen LogP contribution in [-0.4, -0.2) is 41.3 Å². The Hall–Kier alpha value is -0.940. The van der Waals surface area contributed by atoms with Crippen LogP contribution in [0.5, 0.6) is 11.5 Å². The predicted octanol–water partition coefficient (Wildman–Crippen LogP) is 2.85. The average molecular weight is 335 g/mol. The van der Waals surface area contributed by atoms with Crippen molar-refractivity contribution in [2.75, 3.05) is 26.2 Å². The van der Waals surface area contributed by atoms with Gasteiger partial charge < -0.3 is 15.5 Å². The summed E-state index contributed by atoms with van der Waals surface area (Å²) in [6.07, 6.45) is 3.75. The van der Waals surface area contributed by atoms with E-state index in [-0.39, 0.29) is 42.4 Å². The molecule has 6 heteroatoms. The molecule has 0 spiro atoms. The van der Waals surface area contributed by atoms with Crippen LogP contribution in [0.15, 0.2) is 30.9 Å². The van der Waals surface area contributed by atoms with E-state index in [1.54, 1.807) is 6.07 Å². The lowest BCUT2D eigenvalue weighted by atomic mass is 9.98. The van der Waals surface area contributed by atoms with Crippen LogP contribution in [-0.2, 0) is 0 Å². The summed E-state index contributed by atoms with van der Waals surface area (Å²) in [7, 11) is 0. The number of aromatic hydroxyl groups is 2. The van der Waals surface area contributed by atoms with E-state index < -0.39 is 0 Å². The number of benzene rings is 1. The lowest BCUT2D eigenvalue weighted by Crippen LogP contribution is -2.45. The van der Waals surface area contributed by atoms with Gasteiger partial charge in [-0.1, -0.05) is 12.1 Å². The van der Waals surface area contributed by atoms with E-state index >= 15 is 0 Å². The summed E-state index contributed by atoms with van der Waals surface area (Å²) < 4.78 is 0. The first-order chi connectivity index (χ1) is 9.22. The Balaban J connectivity index is 0.00000200. The zero-order valence-electron chi connectivity index (χ0n) is 12.0. The maximum atomic E-state index is 10.1. The van der Waals surface area contributed by atoms with Crippen molar-refractivity contribution < 1.29 is 10.2 Å². The van der Waals surface area contributed by atoms with Gasteiger partial charge in [-0.2, -0.15) is 0 Å². The lowest BCUT2D eigenvalue weighted by Gasteiger charge is -2.35. The Morgan fingerprint density at radius 1 is 1.24 bits per heavy atom. The van der Waals surface area contributed by atoms with Gasteiger partial charge in [0.05, 0.1) is 0 Å². The molecule has 1 aromatic rings. The Labute approximate surface area is 138 Å². The van der Waals surface area contributed by atoms with Crippen molar-refractivity contribution in [3.05, 3.63) is 36.4 Å². The largest absolute Gasteiger partial charge is 0.508 e.